The average molecular weight is 316 g/mol. The SMILES string of the molecule is O=C(NCCN1CCCC(c2ccccc2)C1)C1CCOCC1. The van der Waals surface area contributed by atoms with Crippen LogP contribution < -0.4 is 5.32 Å². The molecule has 1 aromatic carbocycles. The molecule has 2 heterocycles. The second kappa shape index (κ2) is 8.46. The van der Waals surface area contributed by atoms with Crippen LogP contribution in [0.3, 0.4) is 0 Å². The molecule has 2 fully saturated rings. The second-order valence-electron chi connectivity index (χ2n) is 6.73. The topological polar surface area (TPSA) is 41.6 Å². The van der Waals surface area contributed by atoms with Gasteiger partial charge in [-0.05, 0) is 43.7 Å². The number of carbonyl (C=O) groups is 1. The number of nitrogens with one attached hydrogen (secondary N) is 1. The highest BCUT2D eigenvalue weighted by Gasteiger charge is 2.23. The molecular formula is C19H28N2O2. The van der Waals surface area contributed by atoms with E-state index in [-0.39, 0.29) is 11.8 Å². The van der Waals surface area contributed by atoms with Crippen LogP contribution in [0.5, 0.6) is 0 Å². The fourth-order valence-electron chi connectivity index (χ4n) is 3.70. The molecule has 1 amide bonds. The zero-order chi connectivity index (χ0) is 15.9. The van der Waals surface area contributed by atoms with E-state index in [1.807, 2.05) is 0 Å². The van der Waals surface area contributed by atoms with Crippen LogP contribution in [0.2, 0.25) is 0 Å². The van der Waals surface area contributed by atoms with Gasteiger partial charge in [0.25, 0.3) is 0 Å². The van der Waals surface area contributed by atoms with E-state index in [2.05, 4.69) is 40.5 Å². The Hall–Kier alpha value is -1.39. The largest absolute Gasteiger partial charge is 0.381 e. The van der Waals surface area contributed by atoms with Crippen molar-refractivity contribution in [3.63, 3.8) is 0 Å². The number of ether oxygens (including phenoxy) is 1. The Labute approximate surface area is 139 Å². The molecule has 0 bridgehead atoms. The van der Waals surface area contributed by atoms with E-state index in [0.717, 1.165) is 52.2 Å². The van der Waals surface area contributed by atoms with Crippen LogP contribution in [0.1, 0.15) is 37.2 Å². The van der Waals surface area contributed by atoms with E-state index >= 15 is 0 Å². The predicted molar refractivity (Wildman–Crippen MR) is 91.4 cm³/mol. The zero-order valence-electron chi connectivity index (χ0n) is 13.9. The minimum atomic E-state index is 0.155. The number of amides is 1. The Morgan fingerprint density at radius 2 is 1.96 bits per heavy atom. The number of hydrogen-bond donors (Lipinski definition) is 1. The number of nitrogens with zero attached hydrogens (tertiary/aromatic N) is 1. The third-order valence-electron chi connectivity index (χ3n) is 5.10. The van der Waals surface area contributed by atoms with Gasteiger partial charge in [0.2, 0.25) is 5.91 Å². The molecule has 0 saturated carbocycles. The zero-order valence-corrected chi connectivity index (χ0v) is 13.9. The van der Waals surface area contributed by atoms with Crippen LogP contribution in [-0.2, 0) is 9.53 Å². The molecule has 1 unspecified atom stereocenters. The third kappa shape index (κ3) is 4.79. The molecule has 0 aliphatic carbocycles. The molecule has 1 atom stereocenters. The van der Waals surface area contributed by atoms with Crippen molar-refractivity contribution in [3.8, 4) is 0 Å². The first-order valence-electron chi connectivity index (χ1n) is 8.95. The summed E-state index contributed by atoms with van der Waals surface area (Å²) >= 11 is 0. The number of rotatable bonds is 5. The summed E-state index contributed by atoms with van der Waals surface area (Å²) in [5.74, 6) is 1.00. The minimum Gasteiger partial charge on any atom is -0.381 e. The second-order valence-corrected chi connectivity index (χ2v) is 6.73. The minimum absolute atomic E-state index is 0.155. The standard InChI is InChI=1S/C19H28N2O2/c22-19(17-8-13-23-14-9-17)20-10-12-21-11-4-7-18(15-21)16-5-2-1-3-6-16/h1-3,5-6,17-18H,4,7-15H2,(H,20,22). The Morgan fingerprint density at radius 3 is 2.74 bits per heavy atom. The maximum absolute atomic E-state index is 12.1. The Balaban J connectivity index is 1.40. The predicted octanol–water partition coefficient (Wildman–Crippen LogP) is 2.41. The van der Waals surface area contributed by atoms with E-state index in [1.54, 1.807) is 0 Å². The summed E-state index contributed by atoms with van der Waals surface area (Å²) in [6.45, 7) is 5.43. The van der Waals surface area contributed by atoms with Crippen LogP contribution in [0, 0.1) is 5.92 Å². The number of hydrogen-bond acceptors (Lipinski definition) is 3. The molecule has 4 heteroatoms. The van der Waals surface area contributed by atoms with E-state index in [1.165, 1.54) is 18.4 Å². The molecular weight excluding hydrogens is 288 g/mol. The quantitative estimate of drug-likeness (QED) is 0.907. The van der Waals surface area contributed by atoms with Gasteiger partial charge in [0.1, 0.15) is 0 Å². The monoisotopic (exact) mass is 316 g/mol. The van der Waals surface area contributed by atoms with Gasteiger partial charge in [0.05, 0.1) is 0 Å². The third-order valence-corrected chi connectivity index (χ3v) is 5.10. The summed E-state index contributed by atoms with van der Waals surface area (Å²) in [7, 11) is 0. The van der Waals surface area contributed by atoms with Crippen molar-refractivity contribution in [2.24, 2.45) is 5.92 Å². The Kier molecular flexibility index (Phi) is 6.06. The molecule has 1 aromatic rings. The number of benzene rings is 1. The first-order chi connectivity index (χ1) is 11.3. The van der Waals surface area contributed by atoms with Crippen LogP contribution in [-0.4, -0.2) is 50.2 Å². The molecule has 2 saturated heterocycles. The highest BCUT2D eigenvalue weighted by molar-refractivity contribution is 5.78. The van der Waals surface area contributed by atoms with Crippen molar-refractivity contribution >= 4 is 5.91 Å². The first-order valence-corrected chi connectivity index (χ1v) is 8.95. The van der Waals surface area contributed by atoms with Gasteiger partial charge in [0.15, 0.2) is 0 Å². The van der Waals surface area contributed by atoms with Gasteiger partial charge in [-0.15, -0.1) is 0 Å². The summed E-state index contributed by atoms with van der Waals surface area (Å²) in [4.78, 5) is 14.6. The molecule has 4 nitrogen and oxygen atoms in total. The molecule has 23 heavy (non-hydrogen) atoms. The molecule has 1 N–H and O–H groups in total. The van der Waals surface area contributed by atoms with E-state index in [4.69, 9.17) is 4.74 Å². The van der Waals surface area contributed by atoms with Gasteiger partial charge < -0.3 is 15.0 Å². The van der Waals surface area contributed by atoms with E-state index in [9.17, 15) is 4.79 Å². The number of likely N-dealkylation sites (tertiary alicyclic amines) is 1. The van der Waals surface area contributed by atoms with Crippen LogP contribution in [0.25, 0.3) is 0 Å². The van der Waals surface area contributed by atoms with Crippen molar-refractivity contribution in [1.82, 2.24) is 10.2 Å². The Bertz CT molecular complexity index is 485. The maximum atomic E-state index is 12.1. The van der Waals surface area contributed by atoms with Crippen LogP contribution >= 0.6 is 0 Å². The van der Waals surface area contributed by atoms with Gasteiger partial charge in [-0.3, -0.25) is 4.79 Å². The van der Waals surface area contributed by atoms with Crippen molar-refractivity contribution in [2.45, 2.75) is 31.6 Å². The van der Waals surface area contributed by atoms with Crippen molar-refractivity contribution in [3.05, 3.63) is 35.9 Å². The summed E-state index contributed by atoms with van der Waals surface area (Å²) in [6.07, 6.45) is 4.25. The van der Waals surface area contributed by atoms with Crippen molar-refractivity contribution in [1.29, 1.82) is 0 Å². The molecule has 0 aromatic heterocycles. The van der Waals surface area contributed by atoms with Gasteiger partial charge in [0, 0.05) is 38.8 Å². The van der Waals surface area contributed by atoms with Crippen molar-refractivity contribution in [2.75, 3.05) is 39.4 Å². The smallest absolute Gasteiger partial charge is 0.223 e. The summed E-state index contributed by atoms with van der Waals surface area (Å²) in [5, 5.41) is 3.12. The molecule has 0 radical (unpaired) electrons. The van der Waals surface area contributed by atoms with Crippen LogP contribution in [0.4, 0.5) is 0 Å². The highest BCUT2D eigenvalue weighted by atomic mass is 16.5. The fourth-order valence-corrected chi connectivity index (χ4v) is 3.70. The first kappa shape index (κ1) is 16.5. The normalized spacial score (nSPS) is 23.6. The lowest BCUT2D eigenvalue weighted by atomic mass is 9.91. The Morgan fingerprint density at radius 1 is 1.17 bits per heavy atom. The summed E-state index contributed by atoms with van der Waals surface area (Å²) in [5.41, 5.74) is 1.45. The average Bonchev–Trinajstić information content (AvgIpc) is 2.63. The fraction of sp³-hybridized carbons (Fsp3) is 0.632. The van der Waals surface area contributed by atoms with Crippen LogP contribution in [0.15, 0.2) is 30.3 Å². The van der Waals surface area contributed by atoms with Crippen molar-refractivity contribution < 1.29 is 9.53 Å². The van der Waals surface area contributed by atoms with Gasteiger partial charge >= 0.3 is 0 Å². The van der Waals surface area contributed by atoms with Gasteiger partial charge in [-0.2, -0.15) is 0 Å². The summed E-state index contributed by atoms with van der Waals surface area (Å²) in [6, 6.07) is 10.8. The highest BCUT2D eigenvalue weighted by Crippen LogP contribution is 2.26. The molecule has 0 spiro atoms. The molecule has 126 valence electrons. The number of piperidine rings is 1. The van der Waals surface area contributed by atoms with E-state index < -0.39 is 0 Å². The molecule has 2 aliphatic rings. The molecule has 2 aliphatic heterocycles. The van der Waals surface area contributed by atoms with E-state index in [0.29, 0.717) is 5.92 Å². The van der Waals surface area contributed by atoms with Gasteiger partial charge in [-0.25, -0.2) is 0 Å². The lowest BCUT2D eigenvalue weighted by molar-refractivity contribution is -0.127. The lowest BCUT2D eigenvalue weighted by Crippen LogP contribution is -2.42. The lowest BCUT2D eigenvalue weighted by Gasteiger charge is -2.33. The summed E-state index contributed by atoms with van der Waals surface area (Å²) < 4.78 is 5.32. The van der Waals surface area contributed by atoms with Gasteiger partial charge in [-0.1, -0.05) is 30.3 Å². The maximum Gasteiger partial charge on any atom is 0.223 e. The number of carbonyl (C=O) groups excluding carboxylic acids is 1. The molecule has 3 rings (SSSR count).